The summed E-state index contributed by atoms with van der Waals surface area (Å²) in [6.45, 7) is -2.26. The van der Waals surface area contributed by atoms with Crippen molar-refractivity contribution in [1.29, 1.82) is 0 Å². The lowest BCUT2D eigenvalue weighted by Crippen LogP contribution is -2.06. The molecular formula is C18H20F2N6O2. The van der Waals surface area contributed by atoms with E-state index in [2.05, 4.69) is 20.7 Å². The van der Waals surface area contributed by atoms with E-state index in [1.54, 1.807) is 32.4 Å². The fourth-order valence-corrected chi connectivity index (χ4v) is 2.50. The predicted molar refractivity (Wildman–Crippen MR) is 102 cm³/mol. The number of methoxy groups -OCH3 is 2. The molecule has 0 aliphatic carbocycles. The van der Waals surface area contributed by atoms with Crippen molar-refractivity contribution in [3.8, 4) is 11.5 Å². The number of halogens is 2. The first-order chi connectivity index (χ1) is 13.5. The highest BCUT2D eigenvalue weighted by Gasteiger charge is 2.10. The number of nitrogens with zero attached hydrogens (tertiary/aromatic N) is 3. The summed E-state index contributed by atoms with van der Waals surface area (Å²) in [4.78, 5) is 4.39. The number of pyridine rings is 1. The molecule has 2 heterocycles. The van der Waals surface area contributed by atoms with Crippen LogP contribution in [-0.2, 0) is 6.54 Å². The largest absolute Gasteiger partial charge is 0.497 e. The molecule has 0 saturated carbocycles. The Balaban J connectivity index is 1.72. The molecule has 10 heteroatoms. The Labute approximate surface area is 160 Å². The lowest BCUT2D eigenvalue weighted by molar-refractivity contribution is 0.0566. The van der Waals surface area contributed by atoms with Crippen LogP contribution in [0.2, 0.25) is 0 Å². The third-order valence-corrected chi connectivity index (χ3v) is 3.94. The molecule has 4 N–H and O–H groups in total. The number of nitrogen functional groups attached to an aromatic ring is 1. The summed E-state index contributed by atoms with van der Waals surface area (Å²) in [7, 11) is 3.17. The normalized spacial score (nSPS) is 10.8. The van der Waals surface area contributed by atoms with Crippen LogP contribution < -0.4 is 25.8 Å². The molecule has 0 fully saturated rings. The van der Waals surface area contributed by atoms with Crippen molar-refractivity contribution < 1.29 is 18.3 Å². The molecule has 0 aliphatic heterocycles. The zero-order valence-corrected chi connectivity index (χ0v) is 15.3. The zero-order valence-electron chi connectivity index (χ0n) is 15.3. The minimum absolute atomic E-state index is 0.334. The lowest BCUT2D eigenvalue weighted by Gasteiger charge is -2.13. The fourth-order valence-electron chi connectivity index (χ4n) is 2.50. The van der Waals surface area contributed by atoms with Gasteiger partial charge in [0, 0.05) is 18.2 Å². The first-order valence-corrected chi connectivity index (χ1v) is 8.30. The molecular weight excluding hydrogens is 370 g/mol. The third-order valence-electron chi connectivity index (χ3n) is 3.94. The Morgan fingerprint density at radius 3 is 2.68 bits per heavy atom. The SMILES string of the molecule is COc1ccc(CNc2ccc(N)c(Nc3cnn(C(F)F)c3)n2)c(OC)c1. The van der Waals surface area contributed by atoms with Crippen molar-refractivity contribution >= 4 is 23.0 Å². The maximum absolute atomic E-state index is 12.6. The van der Waals surface area contributed by atoms with Crippen molar-refractivity contribution in [3.05, 3.63) is 48.3 Å². The summed E-state index contributed by atoms with van der Waals surface area (Å²) in [5.74, 6) is 2.26. The van der Waals surface area contributed by atoms with E-state index in [1.807, 2.05) is 12.1 Å². The molecule has 28 heavy (non-hydrogen) atoms. The fraction of sp³-hybridized carbons (Fsp3) is 0.222. The Hall–Kier alpha value is -3.56. The van der Waals surface area contributed by atoms with Gasteiger partial charge in [0.15, 0.2) is 5.82 Å². The van der Waals surface area contributed by atoms with Crippen molar-refractivity contribution in [2.24, 2.45) is 0 Å². The van der Waals surface area contributed by atoms with Gasteiger partial charge in [0.05, 0.1) is 38.0 Å². The van der Waals surface area contributed by atoms with Crippen LogP contribution in [0, 0.1) is 0 Å². The van der Waals surface area contributed by atoms with Gasteiger partial charge < -0.3 is 25.8 Å². The molecule has 0 amide bonds. The number of nitrogens with two attached hydrogens (primary N) is 1. The number of aromatic nitrogens is 3. The van der Waals surface area contributed by atoms with Gasteiger partial charge in [-0.1, -0.05) is 0 Å². The quantitative estimate of drug-likeness (QED) is 0.540. The number of hydrogen-bond acceptors (Lipinski definition) is 7. The minimum atomic E-state index is -2.71. The van der Waals surface area contributed by atoms with Crippen molar-refractivity contribution in [1.82, 2.24) is 14.8 Å². The number of benzene rings is 1. The molecule has 148 valence electrons. The van der Waals surface area contributed by atoms with E-state index in [0.717, 1.165) is 5.56 Å². The van der Waals surface area contributed by atoms with E-state index >= 15 is 0 Å². The number of alkyl halides is 2. The smallest absolute Gasteiger partial charge is 0.333 e. The maximum atomic E-state index is 12.6. The molecule has 0 radical (unpaired) electrons. The first-order valence-electron chi connectivity index (χ1n) is 8.30. The van der Waals surface area contributed by atoms with Gasteiger partial charge in [-0.05, 0) is 24.3 Å². The Kier molecular flexibility index (Phi) is 5.78. The number of rotatable bonds is 8. The summed E-state index contributed by atoms with van der Waals surface area (Å²) >= 11 is 0. The van der Waals surface area contributed by atoms with Gasteiger partial charge in [-0.3, -0.25) is 0 Å². The molecule has 3 rings (SSSR count). The van der Waals surface area contributed by atoms with Crippen molar-refractivity contribution in [2.75, 3.05) is 30.6 Å². The number of nitrogens with one attached hydrogen (secondary N) is 2. The Morgan fingerprint density at radius 2 is 2.00 bits per heavy atom. The van der Waals surface area contributed by atoms with Gasteiger partial charge in [-0.15, -0.1) is 0 Å². The molecule has 0 saturated heterocycles. The monoisotopic (exact) mass is 390 g/mol. The number of ether oxygens (including phenoxy) is 2. The molecule has 8 nitrogen and oxygen atoms in total. The second-order valence-corrected chi connectivity index (χ2v) is 5.78. The second-order valence-electron chi connectivity index (χ2n) is 5.78. The molecule has 0 aliphatic rings. The van der Waals surface area contributed by atoms with Crippen LogP contribution in [-0.4, -0.2) is 29.0 Å². The molecule has 0 spiro atoms. The minimum Gasteiger partial charge on any atom is -0.497 e. The van der Waals surface area contributed by atoms with Crippen LogP contribution in [0.25, 0.3) is 0 Å². The van der Waals surface area contributed by atoms with Gasteiger partial charge >= 0.3 is 6.55 Å². The molecule has 0 atom stereocenters. The summed E-state index contributed by atoms with van der Waals surface area (Å²) < 4.78 is 36.4. The highest BCUT2D eigenvalue weighted by Crippen LogP contribution is 2.27. The Morgan fingerprint density at radius 1 is 1.18 bits per heavy atom. The van der Waals surface area contributed by atoms with Crippen LogP contribution in [0.1, 0.15) is 12.1 Å². The summed E-state index contributed by atoms with van der Waals surface area (Å²) in [5.41, 5.74) is 7.57. The highest BCUT2D eigenvalue weighted by molar-refractivity contribution is 5.70. The highest BCUT2D eigenvalue weighted by atomic mass is 19.3. The molecule has 0 unspecified atom stereocenters. The topological polar surface area (TPSA) is 99.2 Å². The molecule has 2 aromatic heterocycles. The van der Waals surface area contributed by atoms with Gasteiger partial charge in [0.2, 0.25) is 0 Å². The maximum Gasteiger partial charge on any atom is 0.333 e. The number of anilines is 4. The average Bonchev–Trinajstić information content (AvgIpc) is 3.17. The van der Waals surface area contributed by atoms with E-state index in [4.69, 9.17) is 15.2 Å². The van der Waals surface area contributed by atoms with Crippen LogP contribution >= 0.6 is 0 Å². The summed E-state index contributed by atoms with van der Waals surface area (Å²) in [5, 5.41) is 9.64. The second kappa shape index (κ2) is 8.42. The van der Waals surface area contributed by atoms with Crippen molar-refractivity contribution in [3.63, 3.8) is 0 Å². The van der Waals surface area contributed by atoms with Crippen LogP contribution in [0.5, 0.6) is 11.5 Å². The lowest BCUT2D eigenvalue weighted by atomic mass is 10.2. The molecule has 1 aromatic carbocycles. The summed E-state index contributed by atoms with van der Waals surface area (Å²) in [6.07, 6.45) is 2.45. The molecule has 0 bridgehead atoms. The van der Waals surface area contributed by atoms with Gasteiger partial charge in [-0.25, -0.2) is 9.67 Å². The van der Waals surface area contributed by atoms with Crippen molar-refractivity contribution in [2.45, 2.75) is 13.1 Å². The zero-order chi connectivity index (χ0) is 20.1. The summed E-state index contributed by atoms with van der Waals surface area (Å²) in [6, 6.07) is 8.91. The van der Waals surface area contributed by atoms with Crippen LogP contribution in [0.3, 0.4) is 0 Å². The van der Waals surface area contributed by atoms with Gasteiger partial charge in [-0.2, -0.15) is 13.9 Å². The van der Waals surface area contributed by atoms with Gasteiger partial charge in [0.25, 0.3) is 0 Å². The third kappa shape index (κ3) is 4.40. The first kappa shape index (κ1) is 19.2. The van der Waals surface area contributed by atoms with E-state index in [9.17, 15) is 8.78 Å². The van der Waals surface area contributed by atoms with E-state index in [1.165, 1.54) is 12.4 Å². The van der Waals surface area contributed by atoms with Gasteiger partial charge in [0.1, 0.15) is 17.3 Å². The van der Waals surface area contributed by atoms with E-state index in [0.29, 0.717) is 45.7 Å². The Bertz CT molecular complexity index is 948. The van der Waals surface area contributed by atoms with Crippen LogP contribution in [0.15, 0.2) is 42.7 Å². The van der Waals surface area contributed by atoms with E-state index in [-0.39, 0.29) is 0 Å². The number of hydrogen-bond donors (Lipinski definition) is 3. The average molecular weight is 390 g/mol. The standard InChI is InChI=1S/C18H20F2N6O2/c1-27-13-4-3-11(15(7-13)28-2)8-22-16-6-5-14(21)17(25-16)24-12-9-23-26(10-12)18(19)20/h3-7,9-10,18H,8,21H2,1-2H3,(H2,22,24,25). The van der Waals surface area contributed by atoms with Crippen LogP contribution in [0.4, 0.5) is 31.8 Å². The predicted octanol–water partition coefficient (Wildman–Crippen LogP) is 3.63. The molecule has 3 aromatic rings. The van der Waals surface area contributed by atoms with E-state index < -0.39 is 6.55 Å².